The highest BCUT2D eigenvalue weighted by molar-refractivity contribution is 5.26. The molecule has 0 amide bonds. The first-order valence-electron chi connectivity index (χ1n) is 5.00. The summed E-state index contributed by atoms with van der Waals surface area (Å²) in [7, 11) is 0. The van der Waals surface area contributed by atoms with Crippen LogP contribution in [0.2, 0.25) is 0 Å². The third kappa shape index (κ3) is 1.06. The van der Waals surface area contributed by atoms with E-state index in [4.69, 9.17) is 0 Å². The van der Waals surface area contributed by atoms with Crippen LogP contribution >= 0.6 is 0 Å². The molecule has 0 aliphatic heterocycles. The van der Waals surface area contributed by atoms with Crippen molar-refractivity contribution in [1.82, 2.24) is 0 Å². The second-order valence-electron chi connectivity index (χ2n) is 4.25. The van der Waals surface area contributed by atoms with Crippen molar-refractivity contribution >= 4 is 0 Å². The first-order valence-corrected chi connectivity index (χ1v) is 5.00. The third-order valence-electron chi connectivity index (χ3n) is 3.30. The smallest absolute Gasteiger partial charge is 0.0128 e. The summed E-state index contributed by atoms with van der Waals surface area (Å²) < 4.78 is 0. The lowest BCUT2D eigenvalue weighted by Crippen LogP contribution is -1.83. The Labute approximate surface area is 73.6 Å². The van der Waals surface area contributed by atoms with Crippen LogP contribution in [0, 0.1) is 11.8 Å². The van der Waals surface area contributed by atoms with Gasteiger partial charge in [-0.2, -0.15) is 0 Å². The van der Waals surface area contributed by atoms with E-state index in [0.29, 0.717) is 0 Å². The van der Waals surface area contributed by atoms with E-state index in [1.807, 2.05) is 0 Å². The monoisotopic (exact) mass is 158 g/mol. The number of hydrogen-bond donors (Lipinski definition) is 0. The van der Waals surface area contributed by atoms with Crippen LogP contribution in [-0.2, 0) is 0 Å². The molecule has 62 valence electrons. The molecule has 2 aliphatic rings. The standard InChI is InChI=1S/C12H14/c1-2-4-9(5-3-1)11-8-12(11)10-6-7-10/h1-5,10-12H,6-8H2. The van der Waals surface area contributed by atoms with E-state index in [1.54, 1.807) is 5.56 Å². The fourth-order valence-corrected chi connectivity index (χ4v) is 2.34. The fraction of sp³-hybridized carbons (Fsp3) is 0.500. The zero-order valence-electron chi connectivity index (χ0n) is 7.24. The largest absolute Gasteiger partial charge is 0.0622 e. The van der Waals surface area contributed by atoms with E-state index in [-0.39, 0.29) is 0 Å². The van der Waals surface area contributed by atoms with Gasteiger partial charge in [0.2, 0.25) is 0 Å². The molecule has 2 unspecified atom stereocenters. The van der Waals surface area contributed by atoms with Crippen LogP contribution in [0.25, 0.3) is 0 Å². The average Bonchev–Trinajstić information content (AvgIpc) is 2.99. The minimum Gasteiger partial charge on any atom is -0.0622 e. The summed E-state index contributed by atoms with van der Waals surface area (Å²) in [6.45, 7) is 0. The van der Waals surface area contributed by atoms with Crippen molar-refractivity contribution in [3.8, 4) is 0 Å². The molecule has 3 rings (SSSR count). The van der Waals surface area contributed by atoms with E-state index in [2.05, 4.69) is 30.3 Å². The van der Waals surface area contributed by atoms with Crippen molar-refractivity contribution in [2.24, 2.45) is 11.8 Å². The lowest BCUT2D eigenvalue weighted by Gasteiger charge is -1.97. The summed E-state index contributed by atoms with van der Waals surface area (Å²) in [4.78, 5) is 0. The predicted molar refractivity (Wildman–Crippen MR) is 50.0 cm³/mol. The maximum absolute atomic E-state index is 2.28. The molecule has 2 atom stereocenters. The van der Waals surface area contributed by atoms with Crippen molar-refractivity contribution in [1.29, 1.82) is 0 Å². The molecule has 2 saturated carbocycles. The van der Waals surface area contributed by atoms with E-state index in [0.717, 1.165) is 17.8 Å². The van der Waals surface area contributed by atoms with Gasteiger partial charge in [-0.25, -0.2) is 0 Å². The SMILES string of the molecule is c1ccc(C2CC2C2CC2)cc1. The van der Waals surface area contributed by atoms with Gasteiger partial charge in [0.15, 0.2) is 0 Å². The van der Waals surface area contributed by atoms with Gasteiger partial charge in [-0.15, -0.1) is 0 Å². The Morgan fingerprint density at radius 2 is 1.75 bits per heavy atom. The highest BCUT2D eigenvalue weighted by atomic mass is 14.5. The van der Waals surface area contributed by atoms with Crippen molar-refractivity contribution in [2.75, 3.05) is 0 Å². The lowest BCUT2D eigenvalue weighted by molar-refractivity contribution is 0.690. The molecule has 0 nitrogen and oxygen atoms in total. The maximum Gasteiger partial charge on any atom is -0.0128 e. The molecule has 1 aromatic carbocycles. The normalized spacial score (nSPS) is 33.3. The molecule has 0 radical (unpaired) electrons. The quantitative estimate of drug-likeness (QED) is 0.620. The van der Waals surface area contributed by atoms with E-state index in [9.17, 15) is 0 Å². The van der Waals surface area contributed by atoms with Gasteiger partial charge >= 0.3 is 0 Å². The number of hydrogen-bond acceptors (Lipinski definition) is 0. The molecule has 2 aliphatic carbocycles. The van der Waals surface area contributed by atoms with Crippen LogP contribution in [0.1, 0.15) is 30.7 Å². The first kappa shape index (κ1) is 6.71. The first-order chi connectivity index (χ1) is 5.95. The molecular formula is C12H14. The summed E-state index contributed by atoms with van der Waals surface area (Å²) in [5.74, 6) is 3.10. The molecule has 0 saturated heterocycles. The molecule has 12 heavy (non-hydrogen) atoms. The van der Waals surface area contributed by atoms with Crippen molar-refractivity contribution in [2.45, 2.75) is 25.2 Å². The van der Waals surface area contributed by atoms with Gasteiger partial charge in [-0.05, 0) is 42.6 Å². The Kier molecular flexibility index (Phi) is 1.31. The molecule has 0 spiro atoms. The van der Waals surface area contributed by atoms with Crippen molar-refractivity contribution in [3.63, 3.8) is 0 Å². The highest BCUT2D eigenvalue weighted by Gasteiger charge is 2.47. The molecule has 2 fully saturated rings. The summed E-state index contributed by atoms with van der Waals surface area (Å²) in [6.07, 6.45) is 4.48. The van der Waals surface area contributed by atoms with Crippen LogP contribution in [-0.4, -0.2) is 0 Å². The van der Waals surface area contributed by atoms with Crippen LogP contribution in [0.3, 0.4) is 0 Å². The second-order valence-corrected chi connectivity index (χ2v) is 4.25. The van der Waals surface area contributed by atoms with Gasteiger partial charge in [-0.3, -0.25) is 0 Å². The van der Waals surface area contributed by atoms with Crippen molar-refractivity contribution < 1.29 is 0 Å². The van der Waals surface area contributed by atoms with Crippen LogP contribution < -0.4 is 0 Å². The van der Waals surface area contributed by atoms with Gasteiger partial charge in [-0.1, -0.05) is 30.3 Å². The molecule has 0 bridgehead atoms. The number of rotatable bonds is 2. The van der Waals surface area contributed by atoms with Gasteiger partial charge in [0, 0.05) is 0 Å². The van der Waals surface area contributed by atoms with Crippen LogP contribution in [0.15, 0.2) is 30.3 Å². The molecule has 1 aromatic rings. The van der Waals surface area contributed by atoms with Crippen LogP contribution in [0.4, 0.5) is 0 Å². The zero-order valence-corrected chi connectivity index (χ0v) is 7.24. The van der Waals surface area contributed by atoms with Crippen LogP contribution in [0.5, 0.6) is 0 Å². The van der Waals surface area contributed by atoms with Gasteiger partial charge in [0.05, 0.1) is 0 Å². The Bertz CT molecular complexity index is 271. The van der Waals surface area contributed by atoms with Gasteiger partial charge in [0.1, 0.15) is 0 Å². The summed E-state index contributed by atoms with van der Waals surface area (Å²) >= 11 is 0. The number of benzene rings is 1. The summed E-state index contributed by atoms with van der Waals surface area (Å²) in [6, 6.07) is 11.0. The maximum atomic E-state index is 2.28. The van der Waals surface area contributed by atoms with Gasteiger partial charge in [0.25, 0.3) is 0 Å². The minimum absolute atomic E-state index is 0.929. The molecular weight excluding hydrogens is 144 g/mol. The Morgan fingerprint density at radius 1 is 1.00 bits per heavy atom. The van der Waals surface area contributed by atoms with Crippen molar-refractivity contribution in [3.05, 3.63) is 35.9 Å². The third-order valence-corrected chi connectivity index (χ3v) is 3.30. The van der Waals surface area contributed by atoms with E-state index < -0.39 is 0 Å². The fourth-order valence-electron chi connectivity index (χ4n) is 2.34. The predicted octanol–water partition coefficient (Wildman–Crippen LogP) is 3.20. The summed E-state index contributed by atoms with van der Waals surface area (Å²) in [5, 5.41) is 0. The molecule has 0 heteroatoms. The van der Waals surface area contributed by atoms with E-state index in [1.165, 1.54) is 19.3 Å². The minimum atomic E-state index is 0.929. The Morgan fingerprint density at radius 3 is 2.42 bits per heavy atom. The van der Waals surface area contributed by atoms with Gasteiger partial charge < -0.3 is 0 Å². The molecule has 0 aromatic heterocycles. The topological polar surface area (TPSA) is 0 Å². The molecule has 0 N–H and O–H groups in total. The Balaban J connectivity index is 1.76. The Hall–Kier alpha value is -0.780. The zero-order chi connectivity index (χ0) is 7.97. The highest BCUT2D eigenvalue weighted by Crippen LogP contribution is 2.59. The second kappa shape index (κ2) is 2.35. The lowest BCUT2D eigenvalue weighted by atomic mass is 10.1. The summed E-state index contributed by atoms with van der Waals surface area (Å²) in [5.41, 5.74) is 1.58. The average molecular weight is 158 g/mol. The van der Waals surface area contributed by atoms with E-state index >= 15 is 0 Å². The molecule has 0 heterocycles.